The first kappa shape index (κ1) is 22.6. The number of fused-ring (bicyclic) bond motifs is 3. The van der Waals surface area contributed by atoms with Gasteiger partial charge in [-0.1, -0.05) is 6.07 Å². The highest BCUT2D eigenvalue weighted by Crippen LogP contribution is 2.39. The van der Waals surface area contributed by atoms with E-state index in [1.165, 1.54) is 10.4 Å². The first-order valence-electron chi connectivity index (χ1n) is 10.3. The molecule has 0 radical (unpaired) electrons. The summed E-state index contributed by atoms with van der Waals surface area (Å²) in [7, 11) is 3.20. The summed E-state index contributed by atoms with van der Waals surface area (Å²) < 4.78 is 22.9. The van der Waals surface area contributed by atoms with E-state index >= 15 is 0 Å². The van der Waals surface area contributed by atoms with Crippen LogP contribution in [0.1, 0.15) is 34.7 Å². The molecule has 0 amide bonds. The van der Waals surface area contributed by atoms with E-state index in [0.29, 0.717) is 29.7 Å². The molecule has 3 aromatic rings. The fourth-order valence-electron chi connectivity index (χ4n) is 3.90. The minimum Gasteiger partial charge on any atom is -0.616 e. The van der Waals surface area contributed by atoms with Crippen molar-refractivity contribution >= 4 is 44.5 Å². The Hall–Kier alpha value is -2.56. The van der Waals surface area contributed by atoms with Crippen LogP contribution < -0.4 is 14.8 Å². The molecule has 32 heavy (non-hydrogen) atoms. The van der Waals surface area contributed by atoms with Crippen LogP contribution in [0.2, 0.25) is 0 Å². The van der Waals surface area contributed by atoms with E-state index < -0.39 is 22.9 Å². The summed E-state index contributed by atoms with van der Waals surface area (Å²) >= 11 is 0.0906. The first-order chi connectivity index (χ1) is 15.5. The van der Waals surface area contributed by atoms with Crippen LogP contribution in [0, 0.1) is 0 Å². The summed E-state index contributed by atoms with van der Waals surface area (Å²) in [6.07, 6.45) is 4.33. The highest BCUT2D eigenvalue weighted by molar-refractivity contribution is 7.91. The molecule has 1 atom stereocenters. The average Bonchev–Trinajstić information content (AvgIpc) is 3.15. The molecule has 1 aliphatic rings. The second-order valence-electron chi connectivity index (χ2n) is 7.54. The van der Waals surface area contributed by atoms with Gasteiger partial charge in [0.2, 0.25) is 5.75 Å². The van der Waals surface area contributed by atoms with E-state index in [1.807, 2.05) is 18.2 Å². The van der Waals surface area contributed by atoms with Crippen LogP contribution in [-0.2, 0) is 41.1 Å². The second-order valence-corrected chi connectivity index (χ2v) is 10.1. The number of methoxy groups -OCH3 is 2. The topological polar surface area (TPSA) is 117 Å². The van der Waals surface area contributed by atoms with Gasteiger partial charge in [0.25, 0.3) is 0 Å². The van der Waals surface area contributed by atoms with E-state index in [-0.39, 0.29) is 5.75 Å². The molecule has 10 heteroatoms. The maximum Gasteiger partial charge on any atom is 0.353 e. The minimum atomic E-state index is -1.57. The van der Waals surface area contributed by atoms with Crippen molar-refractivity contribution in [3.05, 3.63) is 40.0 Å². The third kappa shape index (κ3) is 4.92. The normalized spacial score (nSPS) is 14.1. The van der Waals surface area contributed by atoms with Crippen molar-refractivity contribution in [2.24, 2.45) is 0 Å². The lowest BCUT2D eigenvalue weighted by atomic mass is 9.97. The largest absolute Gasteiger partial charge is 0.616 e. The molecule has 1 aliphatic carbocycles. The van der Waals surface area contributed by atoms with E-state index in [2.05, 4.69) is 15.3 Å². The molecule has 0 spiro atoms. The number of anilines is 1. The van der Waals surface area contributed by atoms with E-state index in [0.717, 1.165) is 41.5 Å². The van der Waals surface area contributed by atoms with E-state index in [1.54, 1.807) is 25.6 Å². The third-order valence-electron chi connectivity index (χ3n) is 5.34. The van der Waals surface area contributed by atoms with Crippen molar-refractivity contribution in [1.82, 2.24) is 9.97 Å². The van der Waals surface area contributed by atoms with Gasteiger partial charge in [0.05, 0.1) is 19.6 Å². The van der Waals surface area contributed by atoms with Crippen LogP contribution in [0.3, 0.4) is 0 Å². The Labute approximate surface area is 193 Å². The van der Waals surface area contributed by atoms with Crippen molar-refractivity contribution in [3.8, 4) is 11.5 Å². The molecule has 1 aromatic carbocycles. The second kappa shape index (κ2) is 9.93. The van der Waals surface area contributed by atoms with E-state index in [9.17, 15) is 9.35 Å². The standard InChI is InChI=1S/C22H25N3O5S2/c1-29-15-8-7-13(9-16(15)30-2)10-23-21-20-14-5-3-4-6-17(14)31-22(20)25-18(24-21)11-32(28)12-19(26)27/h7-9H,3-6,10-12H2,1-2H3,(H,26,27)(H,23,24,25). The number of carboxylic acids is 1. The lowest BCUT2D eigenvalue weighted by molar-refractivity contribution is -0.134. The number of thiophene rings is 1. The van der Waals surface area contributed by atoms with Crippen LogP contribution in [0.25, 0.3) is 10.2 Å². The number of hydrogen-bond donors (Lipinski definition) is 2. The number of benzene rings is 1. The molecule has 0 bridgehead atoms. The van der Waals surface area contributed by atoms with Crippen LogP contribution >= 0.6 is 11.3 Å². The maximum absolute atomic E-state index is 12.2. The molecule has 0 saturated carbocycles. The molecule has 170 valence electrons. The zero-order valence-corrected chi connectivity index (χ0v) is 19.6. The lowest BCUT2D eigenvalue weighted by Gasteiger charge is -2.14. The fourth-order valence-corrected chi connectivity index (χ4v) is 5.98. The van der Waals surface area contributed by atoms with Gasteiger partial charge in [-0.3, -0.25) is 0 Å². The van der Waals surface area contributed by atoms with Gasteiger partial charge in [0.1, 0.15) is 10.6 Å². The predicted molar refractivity (Wildman–Crippen MR) is 125 cm³/mol. The van der Waals surface area contributed by atoms with Crippen molar-refractivity contribution < 1.29 is 23.9 Å². The van der Waals surface area contributed by atoms with Gasteiger partial charge in [0.15, 0.2) is 23.1 Å². The van der Waals surface area contributed by atoms with Gasteiger partial charge < -0.3 is 24.4 Å². The average molecular weight is 476 g/mol. The molecule has 0 aliphatic heterocycles. The Bertz CT molecular complexity index is 1130. The summed E-state index contributed by atoms with van der Waals surface area (Å²) in [5.41, 5.74) is 2.29. The Morgan fingerprint density at radius 1 is 1.22 bits per heavy atom. The number of nitrogens with zero attached hydrogens (tertiary/aromatic N) is 2. The maximum atomic E-state index is 12.2. The number of carbonyl (C=O) groups is 1. The lowest BCUT2D eigenvalue weighted by Crippen LogP contribution is -2.18. The van der Waals surface area contributed by atoms with Crippen LogP contribution in [0.4, 0.5) is 5.82 Å². The van der Waals surface area contributed by atoms with Gasteiger partial charge in [-0.15, -0.1) is 11.3 Å². The number of aryl methyl sites for hydroxylation is 2. The van der Waals surface area contributed by atoms with Crippen LogP contribution in [0.15, 0.2) is 18.2 Å². The summed E-state index contributed by atoms with van der Waals surface area (Å²) in [5.74, 6) is 0.903. The Morgan fingerprint density at radius 3 is 2.75 bits per heavy atom. The Balaban J connectivity index is 1.66. The number of rotatable bonds is 9. The zero-order valence-electron chi connectivity index (χ0n) is 18.0. The number of aromatic nitrogens is 2. The molecule has 1 unspecified atom stereocenters. The molecule has 4 rings (SSSR count). The molecule has 2 N–H and O–H groups in total. The number of carboxylic acid groups (broad SMARTS) is 1. The molecular weight excluding hydrogens is 450 g/mol. The van der Waals surface area contributed by atoms with Crippen molar-refractivity contribution in [3.63, 3.8) is 0 Å². The zero-order chi connectivity index (χ0) is 22.7. The van der Waals surface area contributed by atoms with Gasteiger partial charge in [-0.2, -0.15) is 0 Å². The summed E-state index contributed by atoms with van der Waals surface area (Å²) in [6.45, 7) is 0.509. The number of nitrogens with one attached hydrogen (secondary N) is 1. The molecular formula is C22H25N3O5S2. The number of hydrogen-bond acceptors (Lipinski definition) is 8. The highest BCUT2D eigenvalue weighted by Gasteiger charge is 2.23. The number of aliphatic carboxylic acids is 1. The van der Waals surface area contributed by atoms with Gasteiger partial charge in [0, 0.05) is 11.4 Å². The first-order valence-corrected chi connectivity index (χ1v) is 12.6. The molecule has 0 saturated heterocycles. The SMILES string of the molecule is COc1ccc(CNc2nc(C[S+]([O-])CC(=O)O)nc3sc4c(c23)CCCC4)cc1OC. The van der Waals surface area contributed by atoms with Crippen LogP contribution in [0.5, 0.6) is 11.5 Å². The summed E-state index contributed by atoms with van der Waals surface area (Å²) in [6, 6.07) is 5.73. The van der Waals surface area contributed by atoms with Crippen LogP contribution in [-0.4, -0.2) is 45.6 Å². The Morgan fingerprint density at radius 2 is 2.00 bits per heavy atom. The van der Waals surface area contributed by atoms with Gasteiger partial charge >= 0.3 is 5.97 Å². The van der Waals surface area contributed by atoms with Gasteiger partial charge in [-0.25, -0.2) is 14.8 Å². The smallest absolute Gasteiger partial charge is 0.353 e. The third-order valence-corrected chi connectivity index (χ3v) is 7.68. The summed E-state index contributed by atoms with van der Waals surface area (Å²) in [4.78, 5) is 22.4. The summed E-state index contributed by atoms with van der Waals surface area (Å²) in [5, 5.41) is 13.4. The van der Waals surface area contributed by atoms with Crippen molar-refractivity contribution in [2.45, 2.75) is 38.0 Å². The molecule has 8 nitrogen and oxygen atoms in total. The van der Waals surface area contributed by atoms with Gasteiger partial charge in [-0.05, 0) is 60.1 Å². The monoisotopic (exact) mass is 475 g/mol. The molecule has 2 aromatic heterocycles. The van der Waals surface area contributed by atoms with Crippen molar-refractivity contribution in [2.75, 3.05) is 25.3 Å². The quantitative estimate of drug-likeness (QED) is 0.452. The Kier molecular flexibility index (Phi) is 7.02. The highest BCUT2D eigenvalue weighted by atomic mass is 32.2. The fraction of sp³-hybridized carbons (Fsp3) is 0.409. The van der Waals surface area contributed by atoms with Crippen molar-refractivity contribution in [1.29, 1.82) is 0 Å². The molecule has 2 heterocycles. The van der Waals surface area contributed by atoms with E-state index in [4.69, 9.17) is 14.6 Å². The minimum absolute atomic E-state index is 0.00977. The molecule has 0 fully saturated rings. The number of ether oxygens (including phenoxy) is 2. The predicted octanol–water partition coefficient (Wildman–Crippen LogP) is 3.53.